The maximum atomic E-state index is 2.46. The van der Waals surface area contributed by atoms with Gasteiger partial charge in [-0.2, -0.15) is 0 Å². The summed E-state index contributed by atoms with van der Waals surface area (Å²) < 4.78 is 0. The molecule has 0 aliphatic carbocycles. The topological polar surface area (TPSA) is 0 Å². The molecular weight excluding hydrogens is 1200 g/mol. The summed E-state index contributed by atoms with van der Waals surface area (Å²) >= 11 is 0. The van der Waals surface area contributed by atoms with Crippen LogP contribution in [0.15, 0.2) is 376 Å². The lowest BCUT2D eigenvalue weighted by molar-refractivity contribution is 1.64. The van der Waals surface area contributed by atoms with Crippen LogP contribution in [-0.2, 0) is 0 Å². The van der Waals surface area contributed by atoms with Crippen molar-refractivity contribution in [3.63, 3.8) is 0 Å². The molecule has 0 heterocycles. The zero-order chi connectivity index (χ0) is 65.8. The molecule has 0 spiro atoms. The van der Waals surface area contributed by atoms with Crippen LogP contribution in [0.3, 0.4) is 0 Å². The van der Waals surface area contributed by atoms with Crippen LogP contribution in [0.2, 0.25) is 0 Å². The molecule has 0 aromatic heterocycles. The average Bonchev–Trinajstić information content (AvgIpc) is 0.706. The summed E-state index contributed by atoms with van der Waals surface area (Å²) in [4.78, 5) is 0. The van der Waals surface area contributed by atoms with Crippen LogP contribution in [0.4, 0.5) is 0 Å². The summed E-state index contributed by atoms with van der Waals surface area (Å²) in [6.45, 7) is 0. The molecule has 0 saturated carbocycles. The number of hydrogen-bond donors (Lipinski definition) is 0. The van der Waals surface area contributed by atoms with Crippen LogP contribution < -0.4 is 0 Å². The highest BCUT2D eigenvalue weighted by molar-refractivity contribution is 6.39. The first-order chi connectivity index (χ1) is 49.6. The smallest absolute Gasteiger partial charge is 0.000763 e. The van der Waals surface area contributed by atoms with Crippen molar-refractivity contribution in [3.05, 3.63) is 376 Å². The minimum absolute atomic E-state index is 1.22. The van der Waals surface area contributed by atoms with E-state index in [4.69, 9.17) is 0 Å². The maximum Gasteiger partial charge on any atom is -0.000763 e. The van der Waals surface area contributed by atoms with Gasteiger partial charge in [0.25, 0.3) is 0 Å². The van der Waals surface area contributed by atoms with E-state index in [0.717, 1.165) is 0 Å². The van der Waals surface area contributed by atoms with Crippen molar-refractivity contribution in [1.82, 2.24) is 0 Å². The number of hydrogen-bond acceptors (Lipinski definition) is 0. The number of rotatable bonds is 6. The molecule has 0 heteroatoms. The van der Waals surface area contributed by atoms with E-state index < -0.39 is 0 Å². The molecule has 0 amide bonds. The Bertz CT molecular complexity index is 6950. The SMILES string of the molecule is c1ccc(-c2ccc3c(-c4ccc5ccccc5c4)c4c5ccccc5c5ccccc5c4c(-c4ccc5ccccc5c4)c3c2)cc1.c1ccc2cc(-c3ccc4c(-c5ccc6ccccc6c5)c5c6ccccc6c6ccccc6c5c(-c5ccc6ccccc6c5)c4c3)ccc2c1. The van der Waals surface area contributed by atoms with E-state index >= 15 is 0 Å². The second kappa shape index (κ2) is 23.4. The van der Waals surface area contributed by atoms with Gasteiger partial charge in [0.05, 0.1) is 0 Å². The van der Waals surface area contributed by atoms with Crippen LogP contribution in [0.5, 0.6) is 0 Å². The van der Waals surface area contributed by atoms with Gasteiger partial charge >= 0.3 is 0 Å². The van der Waals surface area contributed by atoms with E-state index in [1.165, 1.54) is 207 Å². The van der Waals surface area contributed by atoms with Crippen LogP contribution in [-0.4, -0.2) is 0 Å². The summed E-state index contributed by atoms with van der Waals surface area (Å²) in [7, 11) is 0. The van der Waals surface area contributed by atoms with Crippen LogP contribution in [0, 0.1) is 0 Å². The summed E-state index contributed by atoms with van der Waals surface area (Å²) in [5, 5.41) is 33.0. The molecule has 100 heavy (non-hydrogen) atoms. The molecule has 21 aromatic carbocycles. The summed E-state index contributed by atoms with van der Waals surface area (Å²) in [5.74, 6) is 0. The van der Waals surface area contributed by atoms with Crippen molar-refractivity contribution in [2.45, 2.75) is 0 Å². The highest BCUT2D eigenvalue weighted by Crippen LogP contribution is 2.53. The molecule has 0 aliphatic heterocycles. The standard InChI is InChI=1S/C52H32.C48H30/c1-4-14-36-29-39(24-21-33(36)11-1)40-27-28-47-48(32-40)50(42-26-23-35-13-3-6-16-38(35)31-42)52-46-20-10-8-18-44(46)43-17-7-9-19-45(43)51(52)49(47)41-25-22-34-12-2-5-15-37(34)30-41;1-2-12-31(13-3-1)36-26-27-43-44(30-36)46(38-25-23-33-15-5-7-17-35(33)29-38)48-42-21-11-9-19-40(42)39-18-8-10-20-41(39)47(48)45(43)37-24-22-32-14-4-6-16-34(32)28-37/h1-32H;1-30H. The van der Waals surface area contributed by atoms with Crippen LogP contribution in [0.25, 0.3) is 207 Å². The first-order valence-corrected chi connectivity index (χ1v) is 34.8. The van der Waals surface area contributed by atoms with E-state index in [9.17, 15) is 0 Å². The van der Waals surface area contributed by atoms with Gasteiger partial charge < -0.3 is 0 Å². The molecule has 21 rings (SSSR count). The molecule has 0 bridgehead atoms. The molecule has 0 aliphatic rings. The number of fused-ring (bicyclic) bond motifs is 19. The molecule has 0 nitrogen and oxygen atoms in total. The molecule has 0 unspecified atom stereocenters. The molecular formula is C100H62. The van der Waals surface area contributed by atoms with Gasteiger partial charge in [0.15, 0.2) is 0 Å². The van der Waals surface area contributed by atoms with E-state index in [1.54, 1.807) is 0 Å². The lowest BCUT2D eigenvalue weighted by Crippen LogP contribution is -1.95. The van der Waals surface area contributed by atoms with Gasteiger partial charge in [-0.1, -0.05) is 334 Å². The Balaban J connectivity index is 0.000000135. The van der Waals surface area contributed by atoms with Gasteiger partial charge in [-0.3, -0.25) is 0 Å². The Labute approximate surface area is 579 Å². The molecule has 0 N–H and O–H groups in total. The fraction of sp³-hybridized carbons (Fsp3) is 0. The van der Waals surface area contributed by atoms with Gasteiger partial charge in [-0.15, -0.1) is 0 Å². The van der Waals surface area contributed by atoms with Gasteiger partial charge in [0, 0.05) is 0 Å². The Kier molecular flexibility index (Phi) is 13.4. The van der Waals surface area contributed by atoms with Crippen molar-refractivity contribution < 1.29 is 0 Å². The van der Waals surface area contributed by atoms with Gasteiger partial charge in [0.2, 0.25) is 0 Å². The molecule has 0 saturated heterocycles. The quantitative estimate of drug-likeness (QED) is 0.115. The minimum atomic E-state index is 1.22. The lowest BCUT2D eigenvalue weighted by Gasteiger charge is -2.22. The zero-order valence-electron chi connectivity index (χ0n) is 54.8. The summed E-state index contributed by atoms with van der Waals surface area (Å²) in [6, 6.07) is 139. The fourth-order valence-electron chi connectivity index (χ4n) is 16.7. The van der Waals surface area contributed by atoms with E-state index in [1.807, 2.05) is 0 Å². The fourth-order valence-corrected chi connectivity index (χ4v) is 16.7. The zero-order valence-corrected chi connectivity index (χ0v) is 54.8. The van der Waals surface area contributed by atoms with Gasteiger partial charge in [-0.05, 0) is 249 Å². The maximum absolute atomic E-state index is 2.46. The first-order valence-electron chi connectivity index (χ1n) is 34.8. The Hall–Kier alpha value is -13.0. The predicted molar refractivity (Wildman–Crippen MR) is 433 cm³/mol. The third-order valence-electron chi connectivity index (χ3n) is 21.3. The summed E-state index contributed by atoms with van der Waals surface area (Å²) in [6.07, 6.45) is 0. The second-order valence-electron chi connectivity index (χ2n) is 26.9. The van der Waals surface area contributed by atoms with Crippen LogP contribution in [0.1, 0.15) is 0 Å². The molecule has 462 valence electrons. The largest absolute Gasteiger partial charge is 0.0622 e. The highest BCUT2D eigenvalue weighted by Gasteiger charge is 2.25. The molecule has 0 radical (unpaired) electrons. The van der Waals surface area contributed by atoms with Crippen molar-refractivity contribution >= 4 is 140 Å². The Morgan fingerprint density at radius 2 is 0.310 bits per heavy atom. The average molecular weight is 1260 g/mol. The molecule has 21 aromatic rings. The third-order valence-corrected chi connectivity index (χ3v) is 21.3. The van der Waals surface area contributed by atoms with Crippen molar-refractivity contribution in [1.29, 1.82) is 0 Å². The first kappa shape index (κ1) is 57.3. The lowest BCUT2D eigenvalue weighted by atomic mass is 9.80. The van der Waals surface area contributed by atoms with Gasteiger partial charge in [-0.25, -0.2) is 0 Å². The monoisotopic (exact) mass is 1260 g/mol. The highest BCUT2D eigenvalue weighted by atomic mass is 14.3. The van der Waals surface area contributed by atoms with E-state index in [0.29, 0.717) is 0 Å². The van der Waals surface area contributed by atoms with E-state index in [-0.39, 0.29) is 0 Å². The number of benzene rings is 21. The molecule has 0 atom stereocenters. The van der Waals surface area contributed by atoms with Crippen LogP contribution >= 0.6 is 0 Å². The van der Waals surface area contributed by atoms with Gasteiger partial charge in [0.1, 0.15) is 0 Å². The normalized spacial score (nSPS) is 11.8. The Morgan fingerprint density at radius 1 is 0.100 bits per heavy atom. The predicted octanol–water partition coefficient (Wildman–Crippen LogP) is 28.4. The van der Waals surface area contributed by atoms with Crippen molar-refractivity contribution in [2.24, 2.45) is 0 Å². The van der Waals surface area contributed by atoms with E-state index in [2.05, 4.69) is 376 Å². The summed E-state index contributed by atoms with van der Waals surface area (Å²) in [5.41, 5.74) is 15.0. The van der Waals surface area contributed by atoms with Crippen molar-refractivity contribution in [2.75, 3.05) is 0 Å². The third kappa shape index (κ3) is 9.37. The minimum Gasteiger partial charge on any atom is -0.0622 e. The Morgan fingerprint density at radius 3 is 0.620 bits per heavy atom. The van der Waals surface area contributed by atoms with Crippen molar-refractivity contribution in [3.8, 4) is 66.8 Å². The molecule has 0 fully saturated rings. The second-order valence-corrected chi connectivity index (χ2v) is 26.9.